The van der Waals surface area contributed by atoms with Crippen molar-refractivity contribution >= 4 is 7.75 Å². The molecule has 4 atom stereocenters. The Labute approximate surface area is 125 Å². The molecule has 1 heterocycles. The summed E-state index contributed by atoms with van der Waals surface area (Å²) in [4.78, 5) is 0. The summed E-state index contributed by atoms with van der Waals surface area (Å²) in [5.74, 6) is 0. The molecular formula is C15H19N2O3P. The predicted octanol–water partition coefficient (Wildman–Crippen LogP) is 3.67. The van der Waals surface area contributed by atoms with Crippen LogP contribution in [0.3, 0.4) is 0 Å². The molecule has 1 saturated heterocycles. The van der Waals surface area contributed by atoms with Gasteiger partial charge in [0.2, 0.25) is 0 Å². The van der Waals surface area contributed by atoms with E-state index in [4.69, 9.17) is 14.3 Å². The Hall–Kier alpha value is -1.44. The van der Waals surface area contributed by atoms with Gasteiger partial charge in [0.25, 0.3) is 0 Å². The van der Waals surface area contributed by atoms with Gasteiger partial charge in [0.15, 0.2) is 6.10 Å². The fourth-order valence-corrected chi connectivity index (χ4v) is 4.13. The zero-order valence-corrected chi connectivity index (χ0v) is 13.2. The first-order valence-corrected chi connectivity index (χ1v) is 8.29. The molecule has 0 amide bonds. The van der Waals surface area contributed by atoms with Crippen molar-refractivity contribution in [2.24, 2.45) is 0 Å². The van der Waals surface area contributed by atoms with Crippen LogP contribution in [0, 0.1) is 11.3 Å². The molecule has 5 nitrogen and oxygen atoms in total. The number of rotatable bonds is 4. The molecule has 0 N–H and O–H groups in total. The van der Waals surface area contributed by atoms with E-state index >= 15 is 0 Å². The lowest BCUT2D eigenvalue weighted by Crippen LogP contribution is -2.24. The minimum atomic E-state index is -3.48. The van der Waals surface area contributed by atoms with Gasteiger partial charge in [0, 0.05) is 6.04 Å². The van der Waals surface area contributed by atoms with E-state index in [9.17, 15) is 4.57 Å². The highest BCUT2D eigenvalue weighted by atomic mass is 31.2. The third-order valence-electron chi connectivity index (χ3n) is 3.53. The molecule has 1 aromatic carbocycles. The van der Waals surface area contributed by atoms with Crippen LogP contribution in [-0.4, -0.2) is 23.9 Å². The molecule has 1 aliphatic heterocycles. The van der Waals surface area contributed by atoms with E-state index < -0.39 is 13.9 Å². The van der Waals surface area contributed by atoms with E-state index in [-0.39, 0.29) is 12.1 Å². The average Bonchev–Trinajstić information content (AvgIpc) is 2.72. The first-order valence-electron chi connectivity index (χ1n) is 6.79. The largest absolute Gasteiger partial charge is 0.410 e. The SMILES string of the molecule is C/C=C/[C@H](C#N)O[P@]1(=O)O[C@@H](c2ccccc2)[C@H](C)N1C. The molecule has 1 fully saturated rings. The minimum absolute atomic E-state index is 0.108. The summed E-state index contributed by atoms with van der Waals surface area (Å²) >= 11 is 0. The number of allylic oxidation sites excluding steroid dienone is 1. The number of nitriles is 1. The monoisotopic (exact) mass is 306 g/mol. The van der Waals surface area contributed by atoms with Crippen LogP contribution in [0.2, 0.25) is 0 Å². The van der Waals surface area contributed by atoms with Gasteiger partial charge in [-0.3, -0.25) is 9.05 Å². The number of hydrogen-bond acceptors (Lipinski definition) is 4. The van der Waals surface area contributed by atoms with Gasteiger partial charge >= 0.3 is 7.75 Å². The van der Waals surface area contributed by atoms with Crippen molar-refractivity contribution in [3.8, 4) is 6.07 Å². The van der Waals surface area contributed by atoms with Gasteiger partial charge in [-0.25, -0.2) is 9.24 Å². The van der Waals surface area contributed by atoms with Crippen LogP contribution in [0.5, 0.6) is 0 Å². The Kier molecular flexibility index (Phi) is 4.97. The fraction of sp³-hybridized carbons (Fsp3) is 0.400. The zero-order chi connectivity index (χ0) is 15.5. The van der Waals surface area contributed by atoms with Gasteiger partial charge in [-0.2, -0.15) is 5.26 Å². The summed E-state index contributed by atoms with van der Waals surface area (Å²) in [5.41, 5.74) is 0.942. The van der Waals surface area contributed by atoms with Crippen molar-refractivity contribution in [2.75, 3.05) is 7.05 Å². The van der Waals surface area contributed by atoms with Crippen molar-refractivity contribution < 1.29 is 13.6 Å². The molecule has 112 valence electrons. The topological polar surface area (TPSA) is 62.6 Å². The van der Waals surface area contributed by atoms with Gasteiger partial charge in [-0.05, 0) is 32.5 Å². The Morgan fingerprint density at radius 1 is 1.48 bits per heavy atom. The maximum absolute atomic E-state index is 12.9. The van der Waals surface area contributed by atoms with E-state index in [1.165, 1.54) is 0 Å². The third-order valence-corrected chi connectivity index (χ3v) is 5.65. The quantitative estimate of drug-likeness (QED) is 0.627. The highest BCUT2D eigenvalue weighted by molar-refractivity contribution is 7.51. The second kappa shape index (κ2) is 6.55. The van der Waals surface area contributed by atoms with Crippen LogP contribution in [-0.2, 0) is 13.6 Å². The molecule has 0 saturated carbocycles. The van der Waals surface area contributed by atoms with E-state index in [0.29, 0.717) is 0 Å². The molecule has 0 aliphatic carbocycles. The van der Waals surface area contributed by atoms with Crippen molar-refractivity contribution in [1.82, 2.24) is 4.67 Å². The summed E-state index contributed by atoms with van der Waals surface area (Å²) < 4.78 is 25.6. The average molecular weight is 306 g/mol. The van der Waals surface area contributed by atoms with Gasteiger partial charge in [-0.1, -0.05) is 36.4 Å². The Morgan fingerprint density at radius 3 is 2.71 bits per heavy atom. The molecule has 0 spiro atoms. The molecular weight excluding hydrogens is 287 g/mol. The lowest BCUT2D eigenvalue weighted by atomic mass is 10.0. The van der Waals surface area contributed by atoms with Crippen molar-refractivity contribution in [3.63, 3.8) is 0 Å². The minimum Gasteiger partial charge on any atom is -0.287 e. The smallest absolute Gasteiger partial charge is 0.287 e. The van der Waals surface area contributed by atoms with Crippen molar-refractivity contribution in [2.45, 2.75) is 32.1 Å². The van der Waals surface area contributed by atoms with E-state index in [0.717, 1.165) is 5.56 Å². The normalized spacial score (nSPS) is 31.3. The highest BCUT2D eigenvalue weighted by Crippen LogP contribution is 2.63. The van der Waals surface area contributed by atoms with E-state index in [1.54, 1.807) is 30.8 Å². The van der Waals surface area contributed by atoms with Crippen LogP contribution in [0.4, 0.5) is 0 Å². The number of likely N-dealkylation sites (N-methyl/N-ethyl adjacent to an activating group) is 1. The number of nitrogens with zero attached hydrogens (tertiary/aromatic N) is 2. The Balaban J connectivity index is 2.23. The van der Waals surface area contributed by atoms with Crippen LogP contribution in [0.1, 0.15) is 25.5 Å². The molecule has 6 heteroatoms. The molecule has 1 aromatic rings. The summed E-state index contributed by atoms with van der Waals surface area (Å²) in [6, 6.07) is 11.4. The molecule has 0 aromatic heterocycles. The maximum Gasteiger partial charge on any atom is 0.410 e. The van der Waals surface area contributed by atoms with Crippen LogP contribution < -0.4 is 0 Å². The molecule has 1 aliphatic rings. The lowest BCUT2D eigenvalue weighted by molar-refractivity contribution is 0.166. The number of benzene rings is 1. The van der Waals surface area contributed by atoms with Gasteiger partial charge in [-0.15, -0.1) is 0 Å². The van der Waals surface area contributed by atoms with E-state index in [1.807, 2.05) is 43.3 Å². The highest BCUT2D eigenvalue weighted by Gasteiger charge is 2.49. The van der Waals surface area contributed by atoms with Crippen LogP contribution in [0.25, 0.3) is 0 Å². The second-order valence-electron chi connectivity index (χ2n) is 4.90. The second-order valence-corrected chi connectivity index (χ2v) is 6.89. The molecule has 0 radical (unpaired) electrons. The first kappa shape index (κ1) is 15.9. The first-order chi connectivity index (χ1) is 10.0. The third kappa shape index (κ3) is 3.25. The van der Waals surface area contributed by atoms with Crippen molar-refractivity contribution in [1.29, 1.82) is 5.26 Å². The van der Waals surface area contributed by atoms with Gasteiger partial charge in [0.05, 0.1) is 6.07 Å². The van der Waals surface area contributed by atoms with Crippen LogP contribution in [0.15, 0.2) is 42.5 Å². The maximum atomic E-state index is 12.9. The number of hydrogen-bond donors (Lipinski definition) is 0. The van der Waals surface area contributed by atoms with Gasteiger partial charge < -0.3 is 0 Å². The molecule has 0 bridgehead atoms. The van der Waals surface area contributed by atoms with E-state index in [2.05, 4.69) is 0 Å². The summed E-state index contributed by atoms with van der Waals surface area (Å²) in [6.45, 7) is 3.70. The Bertz CT molecular complexity index is 597. The summed E-state index contributed by atoms with van der Waals surface area (Å²) in [7, 11) is -1.79. The van der Waals surface area contributed by atoms with Crippen LogP contribution >= 0.6 is 7.75 Å². The Morgan fingerprint density at radius 2 is 2.14 bits per heavy atom. The molecule has 21 heavy (non-hydrogen) atoms. The van der Waals surface area contributed by atoms with Crippen molar-refractivity contribution in [3.05, 3.63) is 48.0 Å². The lowest BCUT2D eigenvalue weighted by Gasteiger charge is -2.21. The predicted molar refractivity (Wildman–Crippen MR) is 80.4 cm³/mol. The molecule has 2 rings (SSSR count). The fourth-order valence-electron chi connectivity index (χ4n) is 2.23. The summed E-state index contributed by atoms with van der Waals surface area (Å²) in [5, 5.41) is 9.05. The zero-order valence-electron chi connectivity index (χ0n) is 12.3. The molecule has 0 unspecified atom stereocenters. The van der Waals surface area contributed by atoms with Gasteiger partial charge in [0.1, 0.15) is 6.10 Å². The standard InChI is InChI=1S/C15H19N2O3P/c1-4-8-14(11-16)19-21(18)17(3)12(2)15(20-21)13-9-6-5-7-10-13/h4-10,12,14-15H,1-3H3/b8-4+/t12-,14+,15+,21-/m0/s1. The summed E-state index contributed by atoms with van der Waals surface area (Å²) in [6.07, 6.45) is 2.02.